The molecule has 9 heteroatoms. The van der Waals surface area contributed by atoms with Gasteiger partial charge in [0.1, 0.15) is 18.7 Å². The predicted molar refractivity (Wildman–Crippen MR) is 73.7 cm³/mol. The third-order valence-electron chi connectivity index (χ3n) is 3.12. The minimum atomic E-state index is -0.492. The van der Waals surface area contributed by atoms with Crippen LogP contribution in [0.15, 0.2) is 30.9 Å². The number of imide groups is 1. The first-order valence-electron chi connectivity index (χ1n) is 6.58. The first-order chi connectivity index (χ1) is 10.6. The quantitative estimate of drug-likeness (QED) is 0.780. The van der Waals surface area contributed by atoms with E-state index in [1.807, 2.05) is 0 Å². The van der Waals surface area contributed by atoms with Crippen LogP contribution in [-0.2, 0) is 14.4 Å². The van der Waals surface area contributed by atoms with E-state index in [0.717, 1.165) is 4.90 Å². The van der Waals surface area contributed by atoms with Crippen LogP contribution in [0.1, 0.15) is 12.8 Å². The highest BCUT2D eigenvalue weighted by molar-refractivity contribution is 6.06. The minimum Gasteiger partial charge on any atom is -0.309 e. The van der Waals surface area contributed by atoms with Crippen LogP contribution >= 0.6 is 0 Å². The minimum absolute atomic E-state index is 0.156. The third-order valence-corrected chi connectivity index (χ3v) is 3.12. The Morgan fingerprint density at radius 3 is 2.68 bits per heavy atom. The molecule has 0 saturated carbocycles. The monoisotopic (exact) mass is 300 g/mol. The number of aromatic nitrogens is 4. The Morgan fingerprint density at radius 2 is 2.00 bits per heavy atom. The predicted octanol–water partition coefficient (Wildman–Crippen LogP) is -0.250. The van der Waals surface area contributed by atoms with Gasteiger partial charge in [-0.05, 0) is 6.07 Å². The fraction of sp³-hybridized carbons (Fsp3) is 0.231. The number of likely N-dealkylation sites (tertiary alicyclic amines) is 1. The average Bonchev–Trinajstić information content (AvgIpc) is 3.13. The van der Waals surface area contributed by atoms with E-state index >= 15 is 0 Å². The Morgan fingerprint density at radius 1 is 1.23 bits per heavy atom. The summed E-state index contributed by atoms with van der Waals surface area (Å²) < 4.78 is 1.52. The zero-order chi connectivity index (χ0) is 15.5. The van der Waals surface area contributed by atoms with E-state index in [1.54, 1.807) is 24.5 Å². The normalized spacial score (nSPS) is 14.5. The molecule has 1 saturated heterocycles. The summed E-state index contributed by atoms with van der Waals surface area (Å²) in [5, 5.41) is 6.56. The number of anilines is 1. The maximum absolute atomic E-state index is 11.9. The van der Waals surface area contributed by atoms with Gasteiger partial charge in [0.2, 0.25) is 17.7 Å². The Bertz CT molecular complexity index is 711. The number of hydrogen-bond acceptors (Lipinski definition) is 6. The molecule has 0 spiro atoms. The van der Waals surface area contributed by atoms with Crippen molar-refractivity contribution in [2.45, 2.75) is 12.8 Å². The summed E-state index contributed by atoms with van der Waals surface area (Å²) in [4.78, 5) is 43.8. The number of nitrogens with one attached hydrogen (secondary N) is 1. The van der Waals surface area contributed by atoms with Crippen LogP contribution in [-0.4, -0.2) is 48.9 Å². The second-order valence-corrected chi connectivity index (χ2v) is 4.63. The van der Waals surface area contributed by atoms with Gasteiger partial charge in [0.15, 0.2) is 5.82 Å². The van der Waals surface area contributed by atoms with E-state index in [1.165, 1.54) is 11.0 Å². The highest BCUT2D eigenvalue weighted by Gasteiger charge is 2.30. The largest absolute Gasteiger partial charge is 0.309 e. The number of carbonyl (C=O) groups excluding carboxylic acids is 3. The molecule has 1 aliphatic rings. The Hall–Kier alpha value is -3.10. The highest BCUT2D eigenvalue weighted by Crippen LogP contribution is 2.12. The first kappa shape index (κ1) is 13.9. The van der Waals surface area contributed by atoms with E-state index in [2.05, 4.69) is 20.4 Å². The van der Waals surface area contributed by atoms with Gasteiger partial charge in [0, 0.05) is 31.3 Å². The number of hydrogen-bond donors (Lipinski definition) is 1. The summed E-state index contributed by atoms with van der Waals surface area (Å²) in [6, 6.07) is 3.28. The van der Waals surface area contributed by atoms with Crippen molar-refractivity contribution >= 4 is 23.5 Å². The van der Waals surface area contributed by atoms with Gasteiger partial charge in [-0.15, -0.1) is 0 Å². The molecule has 3 rings (SSSR count). The maximum Gasteiger partial charge on any atom is 0.245 e. The third kappa shape index (κ3) is 2.82. The van der Waals surface area contributed by atoms with Crippen LogP contribution in [0.3, 0.4) is 0 Å². The molecule has 0 aliphatic carbocycles. The highest BCUT2D eigenvalue weighted by atomic mass is 16.2. The van der Waals surface area contributed by atoms with Crippen LogP contribution in [0.5, 0.6) is 0 Å². The van der Waals surface area contributed by atoms with Gasteiger partial charge >= 0.3 is 0 Å². The average molecular weight is 300 g/mol. The molecule has 1 aliphatic heterocycles. The van der Waals surface area contributed by atoms with Gasteiger partial charge in [-0.3, -0.25) is 19.3 Å². The van der Waals surface area contributed by atoms with E-state index in [0.29, 0.717) is 5.82 Å². The second kappa shape index (κ2) is 5.72. The molecule has 0 atom stereocenters. The first-order valence-corrected chi connectivity index (χ1v) is 6.58. The van der Waals surface area contributed by atoms with Crippen molar-refractivity contribution in [2.24, 2.45) is 0 Å². The van der Waals surface area contributed by atoms with Crippen LogP contribution in [0.2, 0.25) is 0 Å². The summed E-state index contributed by atoms with van der Waals surface area (Å²) in [7, 11) is 0. The summed E-state index contributed by atoms with van der Waals surface area (Å²) >= 11 is 0. The van der Waals surface area contributed by atoms with E-state index in [4.69, 9.17) is 0 Å². The van der Waals surface area contributed by atoms with Gasteiger partial charge < -0.3 is 5.32 Å². The summed E-state index contributed by atoms with van der Waals surface area (Å²) in [6.45, 7) is -0.307. The maximum atomic E-state index is 11.9. The van der Waals surface area contributed by atoms with Crippen molar-refractivity contribution in [3.8, 4) is 5.82 Å². The number of rotatable bonds is 4. The van der Waals surface area contributed by atoms with Crippen LogP contribution in [0, 0.1) is 0 Å². The SMILES string of the molecule is O=C(CN1C(=O)CCC1=O)Nc1cc(-n2cccn2)ncn1. The molecule has 9 nitrogen and oxygen atoms in total. The lowest BCUT2D eigenvalue weighted by Crippen LogP contribution is -2.37. The molecule has 112 valence electrons. The molecule has 3 heterocycles. The van der Waals surface area contributed by atoms with Crippen LogP contribution in [0.25, 0.3) is 5.82 Å². The molecule has 0 unspecified atom stereocenters. The van der Waals surface area contributed by atoms with E-state index in [-0.39, 0.29) is 37.0 Å². The molecule has 2 aromatic heterocycles. The van der Waals surface area contributed by atoms with Crippen molar-refractivity contribution in [1.29, 1.82) is 0 Å². The van der Waals surface area contributed by atoms with Gasteiger partial charge in [-0.2, -0.15) is 5.10 Å². The Labute approximate surface area is 125 Å². The van der Waals surface area contributed by atoms with E-state index < -0.39 is 5.91 Å². The van der Waals surface area contributed by atoms with Crippen LogP contribution < -0.4 is 5.32 Å². The topological polar surface area (TPSA) is 110 Å². The second-order valence-electron chi connectivity index (χ2n) is 4.63. The smallest absolute Gasteiger partial charge is 0.245 e. The van der Waals surface area contributed by atoms with Crippen molar-refractivity contribution in [2.75, 3.05) is 11.9 Å². The zero-order valence-electron chi connectivity index (χ0n) is 11.5. The molecule has 1 fully saturated rings. The molecule has 22 heavy (non-hydrogen) atoms. The summed E-state index contributed by atoms with van der Waals surface area (Å²) in [5.41, 5.74) is 0. The van der Waals surface area contributed by atoms with Crippen molar-refractivity contribution in [3.05, 3.63) is 30.9 Å². The van der Waals surface area contributed by atoms with Crippen molar-refractivity contribution in [3.63, 3.8) is 0 Å². The molecule has 2 aromatic rings. The molecular weight excluding hydrogens is 288 g/mol. The Kier molecular flexibility index (Phi) is 3.60. The van der Waals surface area contributed by atoms with Crippen molar-refractivity contribution < 1.29 is 14.4 Å². The molecular formula is C13H12N6O3. The van der Waals surface area contributed by atoms with E-state index in [9.17, 15) is 14.4 Å². The molecule has 0 aromatic carbocycles. The lowest BCUT2D eigenvalue weighted by Gasteiger charge is -2.13. The lowest BCUT2D eigenvalue weighted by molar-refractivity contribution is -0.141. The number of nitrogens with zero attached hydrogens (tertiary/aromatic N) is 5. The molecule has 3 amide bonds. The Balaban J connectivity index is 1.68. The van der Waals surface area contributed by atoms with Crippen LogP contribution in [0.4, 0.5) is 5.82 Å². The summed E-state index contributed by atoms with van der Waals surface area (Å²) in [6.07, 6.45) is 4.91. The fourth-order valence-corrected chi connectivity index (χ4v) is 2.07. The molecule has 0 radical (unpaired) electrons. The van der Waals surface area contributed by atoms with Crippen molar-refractivity contribution in [1.82, 2.24) is 24.6 Å². The fourth-order valence-electron chi connectivity index (χ4n) is 2.07. The van der Waals surface area contributed by atoms with Gasteiger partial charge in [-0.25, -0.2) is 14.6 Å². The van der Waals surface area contributed by atoms with Gasteiger partial charge in [0.05, 0.1) is 0 Å². The van der Waals surface area contributed by atoms with Gasteiger partial charge in [0.25, 0.3) is 0 Å². The standard InChI is InChI=1S/C13H12N6O3/c20-11(7-18-12(21)2-3-13(18)22)17-9-6-10(15-8-14-9)19-5-1-4-16-19/h1,4-6,8H,2-3,7H2,(H,14,15,17,20). The summed E-state index contributed by atoms with van der Waals surface area (Å²) in [5.74, 6) is -0.401. The number of amides is 3. The lowest BCUT2D eigenvalue weighted by atomic mass is 10.4. The zero-order valence-corrected chi connectivity index (χ0v) is 11.5. The number of carbonyl (C=O) groups is 3. The molecule has 1 N–H and O–H groups in total. The van der Waals surface area contributed by atoms with Gasteiger partial charge in [-0.1, -0.05) is 0 Å². The molecule has 0 bridgehead atoms.